The van der Waals surface area contributed by atoms with Crippen molar-refractivity contribution < 1.29 is 0 Å². The van der Waals surface area contributed by atoms with Crippen LogP contribution in [-0.2, 0) is 12.8 Å². The second-order valence-electron chi connectivity index (χ2n) is 7.89. The summed E-state index contributed by atoms with van der Waals surface area (Å²) in [6.07, 6.45) is 10.6. The van der Waals surface area contributed by atoms with Gasteiger partial charge in [-0.25, -0.2) is 0 Å². The average Bonchev–Trinajstić information content (AvgIpc) is 2.62. The van der Waals surface area contributed by atoms with Crippen LogP contribution in [0.4, 0.5) is 0 Å². The van der Waals surface area contributed by atoms with E-state index in [2.05, 4.69) is 62.4 Å². The Hall–Kier alpha value is -1.56. The van der Waals surface area contributed by atoms with E-state index >= 15 is 0 Å². The second kappa shape index (κ2) is 8.51. The Morgan fingerprint density at radius 2 is 1.21 bits per heavy atom. The molecule has 0 saturated heterocycles. The molecule has 0 heterocycles. The van der Waals surface area contributed by atoms with Gasteiger partial charge >= 0.3 is 0 Å². The molecule has 1 aliphatic carbocycles. The molecule has 0 nitrogen and oxygen atoms in total. The smallest absolute Gasteiger partial charge is 0.0162 e. The van der Waals surface area contributed by atoms with Crippen molar-refractivity contribution in [2.45, 2.75) is 71.1 Å². The fourth-order valence-electron chi connectivity index (χ4n) is 3.96. The lowest BCUT2D eigenvalue weighted by atomic mass is 9.79. The SMILES string of the molecule is Cc1ccc(CCCCc2ccc(C3CCC(C)CC3)cc2)cc1. The van der Waals surface area contributed by atoms with Gasteiger partial charge in [-0.1, -0.05) is 73.9 Å². The van der Waals surface area contributed by atoms with Crippen molar-refractivity contribution in [2.24, 2.45) is 5.92 Å². The molecule has 1 aliphatic rings. The molecular formula is C24H32. The lowest BCUT2D eigenvalue weighted by Gasteiger charge is -2.26. The van der Waals surface area contributed by atoms with Crippen LogP contribution in [-0.4, -0.2) is 0 Å². The fourth-order valence-corrected chi connectivity index (χ4v) is 3.96. The van der Waals surface area contributed by atoms with Crippen molar-refractivity contribution in [3.63, 3.8) is 0 Å². The number of unbranched alkanes of at least 4 members (excludes halogenated alkanes) is 1. The minimum absolute atomic E-state index is 0.816. The van der Waals surface area contributed by atoms with Gasteiger partial charge in [0.05, 0.1) is 0 Å². The van der Waals surface area contributed by atoms with Crippen LogP contribution in [0.25, 0.3) is 0 Å². The van der Waals surface area contributed by atoms with E-state index in [0.717, 1.165) is 11.8 Å². The Bertz CT molecular complexity index is 597. The van der Waals surface area contributed by atoms with Crippen LogP contribution in [0, 0.1) is 12.8 Å². The highest BCUT2D eigenvalue weighted by atomic mass is 14.2. The Morgan fingerprint density at radius 3 is 1.75 bits per heavy atom. The van der Waals surface area contributed by atoms with Crippen molar-refractivity contribution in [1.82, 2.24) is 0 Å². The number of hydrogen-bond donors (Lipinski definition) is 0. The lowest BCUT2D eigenvalue weighted by Crippen LogP contribution is -2.10. The van der Waals surface area contributed by atoms with E-state index in [1.54, 1.807) is 5.56 Å². The van der Waals surface area contributed by atoms with Gasteiger partial charge in [-0.05, 0) is 74.0 Å². The lowest BCUT2D eigenvalue weighted by molar-refractivity contribution is 0.348. The summed E-state index contributed by atoms with van der Waals surface area (Å²) in [5.41, 5.74) is 5.91. The molecule has 0 amide bonds. The van der Waals surface area contributed by atoms with Gasteiger partial charge in [0.25, 0.3) is 0 Å². The molecule has 24 heavy (non-hydrogen) atoms. The molecule has 0 aliphatic heterocycles. The first-order valence-electron chi connectivity index (χ1n) is 9.85. The van der Waals surface area contributed by atoms with Gasteiger partial charge in [0.15, 0.2) is 0 Å². The highest BCUT2D eigenvalue weighted by Gasteiger charge is 2.19. The van der Waals surface area contributed by atoms with E-state index in [4.69, 9.17) is 0 Å². The molecule has 0 N–H and O–H groups in total. The molecule has 1 fully saturated rings. The molecule has 0 aromatic heterocycles. The Balaban J connectivity index is 1.42. The third-order valence-corrected chi connectivity index (χ3v) is 5.77. The summed E-state index contributed by atoms with van der Waals surface area (Å²) in [6, 6.07) is 18.5. The molecule has 1 saturated carbocycles. The number of hydrogen-bond acceptors (Lipinski definition) is 0. The summed E-state index contributed by atoms with van der Waals surface area (Å²) < 4.78 is 0. The van der Waals surface area contributed by atoms with Crippen LogP contribution in [0.2, 0.25) is 0 Å². The maximum atomic E-state index is 2.40. The van der Waals surface area contributed by atoms with E-state index in [1.807, 2.05) is 0 Å². The normalized spacial score (nSPS) is 20.9. The maximum Gasteiger partial charge on any atom is -0.0162 e. The predicted octanol–water partition coefficient (Wildman–Crippen LogP) is 6.85. The van der Waals surface area contributed by atoms with Gasteiger partial charge in [-0.2, -0.15) is 0 Å². The van der Waals surface area contributed by atoms with Crippen molar-refractivity contribution in [2.75, 3.05) is 0 Å². The zero-order chi connectivity index (χ0) is 16.8. The van der Waals surface area contributed by atoms with E-state index in [1.165, 1.54) is 68.1 Å². The summed E-state index contributed by atoms with van der Waals surface area (Å²) in [6.45, 7) is 4.55. The number of benzene rings is 2. The molecule has 3 rings (SSSR count). The number of rotatable bonds is 6. The zero-order valence-corrected chi connectivity index (χ0v) is 15.4. The third-order valence-electron chi connectivity index (χ3n) is 5.77. The van der Waals surface area contributed by atoms with Gasteiger partial charge in [-0.3, -0.25) is 0 Å². The Morgan fingerprint density at radius 1 is 0.708 bits per heavy atom. The van der Waals surface area contributed by atoms with Crippen LogP contribution in [0.1, 0.15) is 73.6 Å². The van der Waals surface area contributed by atoms with E-state index in [-0.39, 0.29) is 0 Å². The first kappa shape index (κ1) is 17.3. The standard InChI is InChI=1S/C24H32/c1-19-7-11-21(12-8-19)5-3-4-6-22-13-17-24(18-14-22)23-15-9-20(2)10-16-23/h7-8,11-14,17-18,20,23H,3-6,9-10,15-16H2,1-2H3. The van der Waals surface area contributed by atoms with Crippen molar-refractivity contribution in [1.29, 1.82) is 0 Å². The van der Waals surface area contributed by atoms with E-state index in [9.17, 15) is 0 Å². The van der Waals surface area contributed by atoms with Gasteiger partial charge < -0.3 is 0 Å². The monoisotopic (exact) mass is 320 g/mol. The Kier molecular flexibility index (Phi) is 6.12. The average molecular weight is 321 g/mol. The summed E-state index contributed by atoms with van der Waals surface area (Å²) in [5, 5.41) is 0. The van der Waals surface area contributed by atoms with Crippen LogP contribution in [0.15, 0.2) is 48.5 Å². The van der Waals surface area contributed by atoms with E-state index < -0.39 is 0 Å². The summed E-state index contributed by atoms with van der Waals surface area (Å²) >= 11 is 0. The largest absolute Gasteiger partial charge is 0.0625 e. The molecular weight excluding hydrogens is 288 g/mol. The molecule has 0 heteroatoms. The molecule has 0 atom stereocenters. The molecule has 0 radical (unpaired) electrons. The third kappa shape index (κ3) is 4.97. The molecule has 0 spiro atoms. The minimum atomic E-state index is 0.816. The van der Waals surface area contributed by atoms with Crippen LogP contribution in [0.5, 0.6) is 0 Å². The topological polar surface area (TPSA) is 0 Å². The summed E-state index contributed by atoms with van der Waals surface area (Å²) in [7, 11) is 0. The molecule has 2 aromatic carbocycles. The van der Waals surface area contributed by atoms with E-state index in [0.29, 0.717) is 0 Å². The zero-order valence-electron chi connectivity index (χ0n) is 15.4. The van der Waals surface area contributed by atoms with Crippen molar-refractivity contribution >= 4 is 0 Å². The highest BCUT2D eigenvalue weighted by molar-refractivity contribution is 5.26. The molecule has 2 aromatic rings. The summed E-state index contributed by atoms with van der Waals surface area (Å²) in [4.78, 5) is 0. The molecule has 128 valence electrons. The summed E-state index contributed by atoms with van der Waals surface area (Å²) in [5.74, 6) is 1.76. The van der Waals surface area contributed by atoms with Gasteiger partial charge in [0.1, 0.15) is 0 Å². The minimum Gasteiger partial charge on any atom is -0.0625 e. The molecule has 0 bridgehead atoms. The Labute approximate surface area is 148 Å². The van der Waals surface area contributed by atoms with Crippen LogP contribution >= 0.6 is 0 Å². The van der Waals surface area contributed by atoms with Crippen LogP contribution in [0.3, 0.4) is 0 Å². The highest BCUT2D eigenvalue weighted by Crippen LogP contribution is 2.35. The first-order chi connectivity index (χ1) is 11.7. The molecule has 0 unspecified atom stereocenters. The first-order valence-corrected chi connectivity index (χ1v) is 9.85. The van der Waals surface area contributed by atoms with Gasteiger partial charge in [0, 0.05) is 0 Å². The number of aryl methyl sites for hydroxylation is 3. The fraction of sp³-hybridized carbons (Fsp3) is 0.500. The predicted molar refractivity (Wildman–Crippen MR) is 105 cm³/mol. The van der Waals surface area contributed by atoms with Gasteiger partial charge in [0.2, 0.25) is 0 Å². The quantitative estimate of drug-likeness (QED) is 0.510. The van der Waals surface area contributed by atoms with Crippen LogP contribution < -0.4 is 0 Å². The van der Waals surface area contributed by atoms with Crippen molar-refractivity contribution in [3.05, 3.63) is 70.8 Å². The maximum absolute atomic E-state index is 2.40. The van der Waals surface area contributed by atoms with Gasteiger partial charge in [-0.15, -0.1) is 0 Å². The van der Waals surface area contributed by atoms with Crippen molar-refractivity contribution in [3.8, 4) is 0 Å². The second-order valence-corrected chi connectivity index (χ2v) is 7.89.